The summed E-state index contributed by atoms with van der Waals surface area (Å²) in [5.41, 5.74) is 0. The third-order valence-corrected chi connectivity index (χ3v) is 3.14. The molecule has 0 aromatic carbocycles. The number of likely N-dealkylation sites (tertiary alicyclic amines) is 1. The van der Waals surface area contributed by atoms with Crippen molar-refractivity contribution >= 4 is 5.91 Å². The number of nitrogens with zero attached hydrogens (tertiary/aromatic N) is 1. The fraction of sp³-hybridized carbons (Fsp3) is 0.923. The third kappa shape index (κ3) is 5.04. The van der Waals surface area contributed by atoms with Crippen LogP contribution in [0.5, 0.6) is 0 Å². The van der Waals surface area contributed by atoms with Crippen LogP contribution in [0.1, 0.15) is 33.6 Å². The van der Waals surface area contributed by atoms with Gasteiger partial charge in [-0.05, 0) is 18.3 Å². The van der Waals surface area contributed by atoms with Crippen LogP contribution >= 0.6 is 0 Å². The van der Waals surface area contributed by atoms with Gasteiger partial charge in [0.15, 0.2) is 0 Å². The first kappa shape index (κ1) is 14.5. The normalized spacial score (nSPS) is 25.4. The smallest absolute Gasteiger partial charge is 0.222 e. The van der Waals surface area contributed by atoms with E-state index in [0.29, 0.717) is 30.8 Å². The van der Waals surface area contributed by atoms with E-state index in [9.17, 15) is 4.79 Å². The number of carbonyl (C=O) groups is 1. The highest BCUT2D eigenvalue weighted by molar-refractivity contribution is 5.76. The minimum absolute atomic E-state index is 0.158. The van der Waals surface area contributed by atoms with Gasteiger partial charge in [0, 0.05) is 32.1 Å². The molecule has 1 saturated heterocycles. The van der Waals surface area contributed by atoms with E-state index in [1.165, 1.54) is 0 Å². The predicted octanol–water partition coefficient (Wildman–Crippen LogP) is 0.851. The van der Waals surface area contributed by atoms with E-state index >= 15 is 0 Å². The van der Waals surface area contributed by atoms with Gasteiger partial charge in [0.1, 0.15) is 0 Å². The second-order valence-corrected chi connectivity index (χ2v) is 5.61. The molecule has 1 amide bonds. The molecule has 2 N–H and O–H groups in total. The molecule has 4 heteroatoms. The van der Waals surface area contributed by atoms with Crippen LogP contribution in [0, 0.1) is 11.8 Å². The summed E-state index contributed by atoms with van der Waals surface area (Å²) in [5, 5.41) is 12.1. The van der Waals surface area contributed by atoms with E-state index in [1.807, 2.05) is 4.90 Å². The number of carbonyl (C=O) groups excluding carboxylic acids is 1. The van der Waals surface area contributed by atoms with Crippen LogP contribution in [0.3, 0.4) is 0 Å². The second kappa shape index (κ2) is 6.97. The van der Waals surface area contributed by atoms with E-state index < -0.39 is 0 Å². The van der Waals surface area contributed by atoms with Gasteiger partial charge in [0.2, 0.25) is 5.91 Å². The van der Waals surface area contributed by atoms with Gasteiger partial charge in [0.25, 0.3) is 0 Å². The van der Waals surface area contributed by atoms with Gasteiger partial charge >= 0.3 is 0 Å². The zero-order chi connectivity index (χ0) is 12.8. The predicted molar refractivity (Wildman–Crippen MR) is 68.7 cm³/mol. The van der Waals surface area contributed by atoms with Crippen molar-refractivity contribution in [1.82, 2.24) is 10.2 Å². The van der Waals surface area contributed by atoms with Crippen molar-refractivity contribution in [3.8, 4) is 0 Å². The maximum atomic E-state index is 12.0. The number of hydrogen-bond donors (Lipinski definition) is 2. The average molecular weight is 242 g/mol. The van der Waals surface area contributed by atoms with Gasteiger partial charge in [0.05, 0.1) is 6.61 Å². The number of aliphatic hydroxyl groups excluding tert-OH is 1. The summed E-state index contributed by atoms with van der Waals surface area (Å²) >= 11 is 0. The minimum Gasteiger partial charge on any atom is -0.395 e. The number of aliphatic hydroxyl groups is 1. The summed E-state index contributed by atoms with van der Waals surface area (Å²) in [6.07, 6.45) is 1.73. The molecule has 0 aliphatic carbocycles. The molecule has 1 aliphatic heterocycles. The second-order valence-electron chi connectivity index (χ2n) is 5.61. The molecular formula is C13H26N2O2. The van der Waals surface area contributed by atoms with E-state index in [4.69, 9.17) is 5.11 Å². The lowest BCUT2D eigenvalue weighted by molar-refractivity contribution is -0.134. The fourth-order valence-corrected chi connectivity index (χ4v) is 2.45. The zero-order valence-corrected chi connectivity index (χ0v) is 11.3. The molecule has 4 nitrogen and oxygen atoms in total. The molecule has 2 unspecified atom stereocenters. The van der Waals surface area contributed by atoms with Gasteiger partial charge in [-0.1, -0.05) is 20.8 Å². The summed E-state index contributed by atoms with van der Waals surface area (Å²) in [6.45, 7) is 8.77. The van der Waals surface area contributed by atoms with Crippen LogP contribution < -0.4 is 5.32 Å². The van der Waals surface area contributed by atoms with E-state index in [1.54, 1.807) is 0 Å². The lowest BCUT2D eigenvalue weighted by atomic mass is 9.95. The van der Waals surface area contributed by atoms with Crippen molar-refractivity contribution in [3.63, 3.8) is 0 Å². The van der Waals surface area contributed by atoms with Crippen LogP contribution in [-0.4, -0.2) is 48.2 Å². The monoisotopic (exact) mass is 242 g/mol. The van der Waals surface area contributed by atoms with Crippen molar-refractivity contribution in [2.75, 3.05) is 26.2 Å². The molecule has 100 valence electrons. The number of hydrogen-bond acceptors (Lipinski definition) is 3. The fourth-order valence-electron chi connectivity index (χ4n) is 2.45. The lowest BCUT2D eigenvalue weighted by Gasteiger charge is -2.37. The van der Waals surface area contributed by atoms with Gasteiger partial charge < -0.3 is 15.3 Å². The first-order valence-electron chi connectivity index (χ1n) is 6.65. The Labute approximate surface area is 104 Å². The number of rotatable bonds is 5. The zero-order valence-electron chi connectivity index (χ0n) is 11.3. The molecule has 0 saturated carbocycles. The number of piperidine rings is 1. The van der Waals surface area contributed by atoms with E-state index in [0.717, 1.165) is 19.5 Å². The molecule has 0 aromatic heterocycles. The summed E-state index contributed by atoms with van der Waals surface area (Å²) < 4.78 is 0. The molecular weight excluding hydrogens is 216 g/mol. The van der Waals surface area contributed by atoms with E-state index in [-0.39, 0.29) is 12.5 Å². The Morgan fingerprint density at radius 2 is 2.18 bits per heavy atom. The first-order valence-corrected chi connectivity index (χ1v) is 6.65. The number of amides is 1. The molecule has 0 bridgehead atoms. The Balaban J connectivity index is 2.46. The molecule has 0 radical (unpaired) electrons. The summed E-state index contributed by atoms with van der Waals surface area (Å²) in [6, 6.07) is 0.335. The van der Waals surface area contributed by atoms with Crippen molar-refractivity contribution in [3.05, 3.63) is 0 Å². The Hall–Kier alpha value is -0.610. The Morgan fingerprint density at radius 3 is 2.76 bits per heavy atom. The largest absolute Gasteiger partial charge is 0.395 e. The topological polar surface area (TPSA) is 52.6 Å². The lowest BCUT2D eigenvalue weighted by Crippen LogP contribution is -2.51. The molecule has 2 atom stereocenters. The average Bonchev–Trinajstić information content (AvgIpc) is 2.24. The van der Waals surface area contributed by atoms with Crippen LogP contribution in [0.15, 0.2) is 0 Å². The Morgan fingerprint density at radius 1 is 1.47 bits per heavy atom. The SMILES string of the molecule is CC(C)CC(=O)N1CC(C)CC(NCCO)C1. The van der Waals surface area contributed by atoms with Crippen LogP contribution in [0.4, 0.5) is 0 Å². The number of nitrogens with one attached hydrogen (secondary N) is 1. The molecule has 17 heavy (non-hydrogen) atoms. The summed E-state index contributed by atoms with van der Waals surface area (Å²) in [4.78, 5) is 14.0. The van der Waals surface area contributed by atoms with Gasteiger partial charge in [-0.25, -0.2) is 0 Å². The summed E-state index contributed by atoms with van der Waals surface area (Å²) in [7, 11) is 0. The molecule has 1 heterocycles. The van der Waals surface area contributed by atoms with E-state index in [2.05, 4.69) is 26.1 Å². The molecule has 1 aliphatic rings. The standard InChI is InChI=1S/C13H26N2O2/c1-10(2)6-13(17)15-8-11(3)7-12(9-15)14-4-5-16/h10-12,14,16H,4-9H2,1-3H3. The molecule has 0 spiro atoms. The van der Waals surface area contributed by atoms with Crippen molar-refractivity contribution in [2.45, 2.75) is 39.7 Å². The van der Waals surface area contributed by atoms with Crippen LogP contribution in [0.25, 0.3) is 0 Å². The third-order valence-electron chi connectivity index (χ3n) is 3.14. The van der Waals surface area contributed by atoms with Crippen molar-refractivity contribution < 1.29 is 9.90 Å². The van der Waals surface area contributed by atoms with Gasteiger partial charge in [-0.2, -0.15) is 0 Å². The van der Waals surface area contributed by atoms with Crippen molar-refractivity contribution in [1.29, 1.82) is 0 Å². The quantitative estimate of drug-likeness (QED) is 0.751. The molecule has 1 fully saturated rings. The highest BCUT2D eigenvalue weighted by atomic mass is 16.3. The maximum Gasteiger partial charge on any atom is 0.222 e. The van der Waals surface area contributed by atoms with Crippen molar-refractivity contribution in [2.24, 2.45) is 11.8 Å². The van der Waals surface area contributed by atoms with Gasteiger partial charge in [-0.15, -0.1) is 0 Å². The highest BCUT2D eigenvalue weighted by Gasteiger charge is 2.27. The minimum atomic E-state index is 0.158. The highest BCUT2D eigenvalue weighted by Crippen LogP contribution is 2.18. The molecule has 1 rings (SSSR count). The first-order chi connectivity index (χ1) is 8.02. The van der Waals surface area contributed by atoms with Gasteiger partial charge in [-0.3, -0.25) is 4.79 Å². The van der Waals surface area contributed by atoms with Crippen LogP contribution in [0.2, 0.25) is 0 Å². The Kier molecular flexibility index (Phi) is 5.92. The maximum absolute atomic E-state index is 12.0. The summed E-state index contributed by atoms with van der Waals surface area (Å²) in [5.74, 6) is 1.22. The Bertz CT molecular complexity index is 244. The molecule has 0 aromatic rings. The van der Waals surface area contributed by atoms with Crippen LogP contribution in [-0.2, 0) is 4.79 Å².